The molecule has 0 aliphatic heterocycles. The van der Waals surface area contributed by atoms with Gasteiger partial charge in [-0.25, -0.2) is 8.42 Å². The van der Waals surface area contributed by atoms with Gasteiger partial charge in [-0.15, -0.1) is 0 Å². The lowest BCUT2D eigenvalue weighted by Gasteiger charge is -2.34. The maximum Gasteiger partial charge on any atom is 0.217 e. The molecule has 5 heteroatoms. The highest BCUT2D eigenvalue weighted by Gasteiger charge is 2.37. The zero-order valence-electron chi connectivity index (χ0n) is 11.1. The first-order valence-corrected chi connectivity index (χ1v) is 7.86. The Morgan fingerprint density at radius 1 is 1.29 bits per heavy atom. The minimum atomic E-state index is -3.01. The molecule has 1 rings (SSSR count). The van der Waals surface area contributed by atoms with Crippen LogP contribution in [0.4, 0.5) is 0 Å². The quantitative estimate of drug-likeness (QED) is 0.837. The molecule has 4 nitrogen and oxygen atoms in total. The Bertz CT molecular complexity index is 375. The van der Waals surface area contributed by atoms with E-state index in [9.17, 15) is 13.2 Å². The summed E-state index contributed by atoms with van der Waals surface area (Å²) in [6.07, 6.45) is 2.18. The number of amides is 1. The topological polar surface area (TPSA) is 63.2 Å². The molecule has 1 saturated carbocycles. The number of hydrogen-bond donors (Lipinski definition) is 1. The largest absolute Gasteiger partial charge is 0.354 e. The molecule has 100 valence electrons. The zero-order chi connectivity index (χ0) is 13.2. The molecule has 17 heavy (non-hydrogen) atoms. The Labute approximate surface area is 104 Å². The molecular weight excluding hydrogens is 238 g/mol. The normalized spacial score (nSPS) is 30.3. The summed E-state index contributed by atoms with van der Waals surface area (Å²) in [6.45, 7) is 6.95. The predicted octanol–water partition coefficient (Wildman–Crippen LogP) is 1.50. The summed E-state index contributed by atoms with van der Waals surface area (Å²) in [5, 5.41) is 2.32. The molecule has 1 amide bonds. The second-order valence-corrected chi connectivity index (χ2v) is 8.09. The number of carbonyl (C=O) groups excluding carboxylic acids is 1. The van der Waals surface area contributed by atoms with Gasteiger partial charge in [0.05, 0.1) is 10.5 Å². The first-order chi connectivity index (χ1) is 7.75. The molecule has 0 spiro atoms. The fraction of sp³-hybridized carbons (Fsp3) is 0.917. The third-order valence-corrected chi connectivity index (χ3v) is 6.44. The maximum atomic E-state index is 12.1. The molecule has 3 unspecified atom stereocenters. The van der Waals surface area contributed by atoms with Crippen LogP contribution in [-0.4, -0.2) is 30.9 Å². The van der Waals surface area contributed by atoms with Gasteiger partial charge in [0.15, 0.2) is 9.84 Å². The van der Waals surface area contributed by atoms with E-state index < -0.39 is 9.84 Å². The van der Waals surface area contributed by atoms with Crippen molar-refractivity contribution in [1.29, 1.82) is 0 Å². The molecule has 0 aromatic rings. The summed E-state index contributed by atoms with van der Waals surface area (Å²) in [4.78, 5) is 11.0. The first kappa shape index (κ1) is 14.5. The highest BCUT2D eigenvalue weighted by Crippen LogP contribution is 2.31. The van der Waals surface area contributed by atoms with Gasteiger partial charge in [-0.2, -0.15) is 0 Å². The summed E-state index contributed by atoms with van der Waals surface area (Å²) in [5.74, 6) is 0.0837. The van der Waals surface area contributed by atoms with Crippen LogP contribution < -0.4 is 5.32 Å². The molecule has 0 bridgehead atoms. The minimum absolute atomic E-state index is 0.0348. The number of hydrogen-bond acceptors (Lipinski definition) is 3. The molecule has 1 aliphatic rings. The Morgan fingerprint density at radius 3 is 2.29 bits per heavy atom. The van der Waals surface area contributed by atoms with E-state index in [-0.39, 0.29) is 28.4 Å². The van der Waals surface area contributed by atoms with Gasteiger partial charge in [0, 0.05) is 13.0 Å². The maximum absolute atomic E-state index is 12.1. The standard InChI is InChI=1S/C12H23NO3S/c1-8(2)17(15,16)12-6-5-11(7-9(12)3)13-10(4)14/h8-9,11-12H,5-7H2,1-4H3,(H,13,14). The summed E-state index contributed by atoms with van der Waals surface area (Å²) in [7, 11) is -3.01. The Balaban J connectivity index is 2.69. The van der Waals surface area contributed by atoms with Crippen molar-refractivity contribution >= 4 is 15.7 Å². The van der Waals surface area contributed by atoms with Crippen LogP contribution in [0.5, 0.6) is 0 Å². The van der Waals surface area contributed by atoms with Crippen molar-refractivity contribution in [2.45, 2.75) is 63.5 Å². The monoisotopic (exact) mass is 261 g/mol. The molecule has 0 saturated heterocycles. The van der Waals surface area contributed by atoms with Crippen LogP contribution >= 0.6 is 0 Å². The van der Waals surface area contributed by atoms with Gasteiger partial charge in [0.2, 0.25) is 5.91 Å². The van der Waals surface area contributed by atoms with E-state index >= 15 is 0 Å². The number of rotatable bonds is 3. The van der Waals surface area contributed by atoms with E-state index in [1.54, 1.807) is 13.8 Å². The van der Waals surface area contributed by atoms with Crippen molar-refractivity contribution in [2.75, 3.05) is 0 Å². The van der Waals surface area contributed by atoms with E-state index in [1.165, 1.54) is 6.92 Å². The van der Waals surface area contributed by atoms with Gasteiger partial charge in [-0.3, -0.25) is 4.79 Å². The van der Waals surface area contributed by atoms with E-state index in [0.717, 1.165) is 12.8 Å². The number of carbonyl (C=O) groups is 1. The van der Waals surface area contributed by atoms with Crippen LogP contribution in [0.1, 0.15) is 47.0 Å². The van der Waals surface area contributed by atoms with Gasteiger partial charge in [-0.05, 0) is 39.0 Å². The predicted molar refractivity (Wildman–Crippen MR) is 68.5 cm³/mol. The minimum Gasteiger partial charge on any atom is -0.354 e. The van der Waals surface area contributed by atoms with Crippen molar-refractivity contribution in [3.05, 3.63) is 0 Å². The molecule has 3 atom stereocenters. The van der Waals surface area contributed by atoms with Crippen LogP contribution in [0.2, 0.25) is 0 Å². The lowest BCUT2D eigenvalue weighted by Crippen LogP contribution is -2.44. The van der Waals surface area contributed by atoms with E-state index in [4.69, 9.17) is 0 Å². The molecule has 1 N–H and O–H groups in total. The third-order valence-electron chi connectivity index (χ3n) is 3.58. The van der Waals surface area contributed by atoms with Gasteiger partial charge >= 0.3 is 0 Å². The van der Waals surface area contributed by atoms with Crippen LogP contribution in [-0.2, 0) is 14.6 Å². The molecule has 0 aromatic heterocycles. The van der Waals surface area contributed by atoms with Crippen LogP contribution in [0, 0.1) is 5.92 Å². The van der Waals surface area contributed by atoms with Crippen molar-refractivity contribution in [3.8, 4) is 0 Å². The number of sulfone groups is 1. The Hall–Kier alpha value is -0.580. The van der Waals surface area contributed by atoms with Gasteiger partial charge in [0.1, 0.15) is 0 Å². The Morgan fingerprint density at radius 2 is 1.88 bits per heavy atom. The third kappa shape index (κ3) is 3.44. The van der Waals surface area contributed by atoms with Crippen molar-refractivity contribution in [3.63, 3.8) is 0 Å². The molecule has 0 heterocycles. The molecule has 0 radical (unpaired) electrons. The summed E-state index contributed by atoms with van der Waals surface area (Å²) in [5.41, 5.74) is 0. The van der Waals surface area contributed by atoms with Crippen molar-refractivity contribution in [1.82, 2.24) is 5.32 Å². The lowest BCUT2D eigenvalue weighted by molar-refractivity contribution is -0.119. The second kappa shape index (κ2) is 5.38. The summed E-state index contributed by atoms with van der Waals surface area (Å²) < 4.78 is 24.3. The fourth-order valence-corrected chi connectivity index (χ4v) is 4.55. The summed E-state index contributed by atoms with van der Waals surface area (Å²) in [6, 6.07) is 0.140. The smallest absolute Gasteiger partial charge is 0.217 e. The average Bonchev–Trinajstić information content (AvgIpc) is 2.15. The zero-order valence-corrected chi connectivity index (χ0v) is 11.9. The van der Waals surface area contributed by atoms with E-state index in [0.29, 0.717) is 6.42 Å². The van der Waals surface area contributed by atoms with Gasteiger partial charge in [0.25, 0.3) is 0 Å². The molecule has 1 fully saturated rings. The van der Waals surface area contributed by atoms with Crippen LogP contribution in [0.25, 0.3) is 0 Å². The van der Waals surface area contributed by atoms with Crippen molar-refractivity contribution in [2.24, 2.45) is 5.92 Å². The number of nitrogens with one attached hydrogen (secondary N) is 1. The molecule has 1 aliphatic carbocycles. The second-order valence-electron chi connectivity index (χ2n) is 5.36. The van der Waals surface area contributed by atoms with Crippen molar-refractivity contribution < 1.29 is 13.2 Å². The van der Waals surface area contributed by atoms with Gasteiger partial charge in [-0.1, -0.05) is 6.92 Å². The van der Waals surface area contributed by atoms with Gasteiger partial charge < -0.3 is 5.32 Å². The fourth-order valence-electron chi connectivity index (χ4n) is 2.62. The average molecular weight is 261 g/mol. The molecule has 0 aromatic carbocycles. The highest BCUT2D eigenvalue weighted by molar-refractivity contribution is 7.92. The summed E-state index contributed by atoms with van der Waals surface area (Å²) >= 11 is 0. The SMILES string of the molecule is CC(=O)NC1CCC(S(=O)(=O)C(C)C)C(C)C1. The van der Waals surface area contributed by atoms with Crippen LogP contribution in [0.15, 0.2) is 0 Å². The van der Waals surface area contributed by atoms with E-state index in [1.807, 2.05) is 6.92 Å². The highest BCUT2D eigenvalue weighted by atomic mass is 32.2. The lowest BCUT2D eigenvalue weighted by atomic mass is 9.86. The van der Waals surface area contributed by atoms with Crippen LogP contribution in [0.3, 0.4) is 0 Å². The van der Waals surface area contributed by atoms with E-state index in [2.05, 4.69) is 5.32 Å². The Kier molecular flexibility index (Phi) is 4.58. The first-order valence-electron chi connectivity index (χ1n) is 6.25. The molecular formula is C12H23NO3S.